The maximum absolute atomic E-state index is 5.57. The molecule has 0 N–H and O–H groups in total. The quantitative estimate of drug-likeness (QED) is 0.763. The van der Waals surface area contributed by atoms with Crippen LogP contribution >= 0.6 is 0 Å². The second-order valence-corrected chi connectivity index (χ2v) is 7.69. The Morgan fingerprint density at radius 1 is 0.963 bits per heavy atom. The molecule has 2 fully saturated rings. The molecule has 4 rings (SSSR count). The molecule has 0 amide bonds. The van der Waals surface area contributed by atoms with E-state index in [0.29, 0.717) is 12.7 Å². The third-order valence-electron chi connectivity index (χ3n) is 5.96. The molecule has 1 aromatic carbocycles. The van der Waals surface area contributed by atoms with Crippen LogP contribution in [0.25, 0.3) is 0 Å². The van der Waals surface area contributed by atoms with Crippen LogP contribution in [0.15, 0.2) is 29.3 Å². The van der Waals surface area contributed by atoms with Crippen molar-refractivity contribution in [3.63, 3.8) is 0 Å². The number of hydrogen-bond donors (Lipinski definition) is 0. The maximum atomic E-state index is 5.57. The van der Waals surface area contributed by atoms with E-state index < -0.39 is 0 Å². The van der Waals surface area contributed by atoms with Gasteiger partial charge in [0.2, 0.25) is 0 Å². The highest BCUT2D eigenvalue weighted by Crippen LogP contribution is 2.27. The molecule has 148 valence electrons. The Balaban J connectivity index is 1.56. The highest BCUT2D eigenvalue weighted by atomic mass is 16.5. The van der Waals surface area contributed by atoms with Crippen molar-refractivity contribution in [1.29, 1.82) is 0 Å². The second kappa shape index (κ2) is 8.83. The fourth-order valence-corrected chi connectivity index (χ4v) is 4.38. The molecule has 1 aromatic rings. The minimum Gasteiger partial charge on any atom is -0.497 e. The van der Waals surface area contributed by atoms with Crippen LogP contribution in [0.4, 0.5) is 5.69 Å². The Morgan fingerprint density at radius 2 is 1.67 bits per heavy atom. The van der Waals surface area contributed by atoms with Crippen molar-refractivity contribution in [2.45, 2.75) is 44.6 Å². The topological polar surface area (TPSA) is 40.5 Å². The number of morpholine rings is 1. The van der Waals surface area contributed by atoms with Crippen molar-refractivity contribution >= 4 is 11.6 Å². The van der Waals surface area contributed by atoms with Gasteiger partial charge in [-0.15, -0.1) is 0 Å². The van der Waals surface area contributed by atoms with Crippen LogP contribution in [0.5, 0.6) is 5.75 Å². The van der Waals surface area contributed by atoms with E-state index in [1.807, 2.05) is 12.1 Å². The van der Waals surface area contributed by atoms with Crippen LogP contribution in [0.2, 0.25) is 0 Å². The zero-order valence-electron chi connectivity index (χ0n) is 16.5. The fraction of sp³-hybridized carbons (Fsp3) is 0.667. The molecule has 1 saturated carbocycles. The highest BCUT2D eigenvalue weighted by Gasteiger charge is 2.31. The van der Waals surface area contributed by atoms with Gasteiger partial charge in [-0.3, -0.25) is 0 Å². The van der Waals surface area contributed by atoms with Crippen LogP contribution in [0.3, 0.4) is 0 Å². The first-order chi connectivity index (χ1) is 13.3. The number of hydrogen-bond acceptors (Lipinski definition) is 6. The van der Waals surface area contributed by atoms with Crippen molar-refractivity contribution in [3.05, 3.63) is 24.3 Å². The molecule has 0 spiro atoms. The fourth-order valence-electron chi connectivity index (χ4n) is 4.38. The summed E-state index contributed by atoms with van der Waals surface area (Å²) in [6.07, 6.45) is 7.97. The summed E-state index contributed by atoms with van der Waals surface area (Å²) in [6.45, 7) is 5.13. The summed E-state index contributed by atoms with van der Waals surface area (Å²) < 4.78 is 10.9. The lowest BCUT2D eigenvalue weighted by Crippen LogP contribution is -2.58. The number of aliphatic imine (C=N–C) groups is 1. The Kier molecular flexibility index (Phi) is 6.02. The average molecular weight is 373 g/mol. The molecule has 0 atom stereocenters. The van der Waals surface area contributed by atoms with Gasteiger partial charge < -0.3 is 24.2 Å². The second-order valence-electron chi connectivity index (χ2n) is 7.69. The Bertz CT molecular complexity index is 620. The molecule has 2 heterocycles. The summed E-state index contributed by atoms with van der Waals surface area (Å²) in [5, 5.41) is 0. The molecule has 1 aliphatic carbocycles. The first-order valence-corrected chi connectivity index (χ1v) is 10.4. The van der Waals surface area contributed by atoms with Crippen LogP contribution in [0, 0.1) is 0 Å². The molecular weight excluding hydrogens is 340 g/mol. The van der Waals surface area contributed by atoms with Gasteiger partial charge in [0.05, 0.1) is 27.0 Å². The van der Waals surface area contributed by atoms with Crippen LogP contribution < -0.4 is 9.64 Å². The molecule has 6 heteroatoms. The summed E-state index contributed by atoms with van der Waals surface area (Å²) in [7, 11) is 1.71. The van der Waals surface area contributed by atoms with Gasteiger partial charge in [0, 0.05) is 24.8 Å². The summed E-state index contributed by atoms with van der Waals surface area (Å²) in [6, 6.07) is 8.94. The highest BCUT2D eigenvalue weighted by molar-refractivity contribution is 5.82. The third-order valence-corrected chi connectivity index (χ3v) is 5.96. The molecule has 6 nitrogen and oxygen atoms in total. The summed E-state index contributed by atoms with van der Waals surface area (Å²) in [5.74, 6) is 2.09. The molecule has 0 bridgehead atoms. The van der Waals surface area contributed by atoms with Crippen molar-refractivity contribution in [2.24, 2.45) is 4.99 Å². The van der Waals surface area contributed by atoms with Gasteiger partial charge in [-0.2, -0.15) is 0 Å². The lowest BCUT2D eigenvalue weighted by molar-refractivity contribution is 0.0586. The lowest BCUT2D eigenvalue weighted by Gasteiger charge is -2.45. The minimum atomic E-state index is 0.593. The van der Waals surface area contributed by atoms with Crippen molar-refractivity contribution < 1.29 is 9.47 Å². The van der Waals surface area contributed by atoms with Gasteiger partial charge in [-0.1, -0.05) is 25.7 Å². The molecule has 0 unspecified atom stereocenters. The Hall–Kier alpha value is -1.95. The molecule has 0 radical (unpaired) electrons. The SMILES string of the molecule is COc1ccc(N2CN=C(N3CCOCC3)N(C3CCCCCC3)C2)cc1. The lowest BCUT2D eigenvalue weighted by atomic mass is 10.1. The van der Waals surface area contributed by atoms with E-state index in [4.69, 9.17) is 14.5 Å². The van der Waals surface area contributed by atoms with Crippen LogP contribution in [-0.2, 0) is 4.74 Å². The molecule has 27 heavy (non-hydrogen) atoms. The number of anilines is 1. The molecule has 1 saturated heterocycles. The Labute approximate surface area is 162 Å². The van der Waals surface area contributed by atoms with E-state index in [1.165, 1.54) is 50.2 Å². The molecule has 3 aliphatic rings. The van der Waals surface area contributed by atoms with Gasteiger partial charge in [-0.05, 0) is 37.1 Å². The van der Waals surface area contributed by atoms with Crippen LogP contribution in [0.1, 0.15) is 38.5 Å². The summed E-state index contributed by atoms with van der Waals surface area (Å²) in [5.41, 5.74) is 1.21. The number of guanidine groups is 1. The van der Waals surface area contributed by atoms with Gasteiger partial charge in [-0.25, -0.2) is 4.99 Å². The zero-order valence-corrected chi connectivity index (χ0v) is 16.5. The van der Waals surface area contributed by atoms with E-state index >= 15 is 0 Å². The zero-order chi connectivity index (χ0) is 18.5. The minimum absolute atomic E-state index is 0.593. The van der Waals surface area contributed by atoms with Crippen LogP contribution in [-0.4, -0.2) is 68.6 Å². The van der Waals surface area contributed by atoms with E-state index in [2.05, 4.69) is 26.8 Å². The molecule has 0 aromatic heterocycles. The summed E-state index contributed by atoms with van der Waals surface area (Å²) in [4.78, 5) is 12.4. The number of nitrogens with zero attached hydrogens (tertiary/aromatic N) is 4. The standard InChI is InChI=1S/C21H32N4O2/c1-26-20-10-8-18(9-11-20)24-16-22-21(23-12-14-27-15-13-23)25(17-24)19-6-4-2-3-5-7-19/h8-11,19H,2-7,12-17H2,1H3. The number of rotatable bonds is 3. The number of methoxy groups -OCH3 is 1. The van der Waals surface area contributed by atoms with Gasteiger partial charge in [0.25, 0.3) is 0 Å². The first-order valence-electron chi connectivity index (χ1n) is 10.4. The molecule has 2 aliphatic heterocycles. The third kappa shape index (κ3) is 4.32. The largest absolute Gasteiger partial charge is 0.497 e. The Morgan fingerprint density at radius 3 is 2.33 bits per heavy atom. The van der Waals surface area contributed by atoms with Gasteiger partial charge >= 0.3 is 0 Å². The van der Waals surface area contributed by atoms with Crippen molar-refractivity contribution in [3.8, 4) is 5.75 Å². The first kappa shape index (κ1) is 18.4. The smallest absolute Gasteiger partial charge is 0.200 e. The van der Waals surface area contributed by atoms with Gasteiger partial charge in [0.1, 0.15) is 12.4 Å². The van der Waals surface area contributed by atoms with E-state index in [-0.39, 0.29) is 0 Å². The average Bonchev–Trinajstić information content (AvgIpc) is 3.03. The predicted octanol–water partition coefficient (Wildman–Crippen LogP) is 3.14. The van der Waals surface area contributed by atoms with Crippen molar-refractivity contribution in [1.82, 2.24) is 9.80 Å². The maximum Gasteiger partial charge on any atom is 0.200 e. The van der Waals surface area contributed by atoms with E-state index in [9.17, 15) is 0 Å². The monoisotopic (exact) mass is 372 g/mol. The van der Waals surface area contributed by atoms with Gasteiger partial charge in [0.15, 0.2) is 5.96 Å². The summed E-state index contributed by atoms with van der Waals surface area (Å²) >= 11 is 0. The van der Waals surface area contributed by atoms with Crippen molar-refractivity contribution in [2.75, 3.05) is 51.7 Å². The number of ether oxygens (including phenoxy) is 2. The normalized spacial score (nSPS) is 22.4. The molecular formula is C21H32N4O2. The van der Waals surface area contributed by atoms with E-state index in [1.54, 1.807) is 7.11 Å². The predicted molar refractivity (Wildman–Crippen MR) is 108 cm³/mol. The number of benzene rings is 1. The van der Waals surface area contributed by atoms with E-state index in [0.717, 1.165) is 38.7 Å².